The van der Waals surface area contributed by atoms with Crippen molar-refractivity contribution in [3.8, 4) is 0 Å². The maximum atomic E-state index is 13.1. The molecule has 174 valence electrons. The first kappa shape index (κ1) is 25.0. The third-order valence-corrected chi connectivity index (χ3v) is 8.26. The molecule has 1 N–H and O–H groups in total. The van der Waals surface area contributed by atoms with Crippen molar-refractivity contribution < 1.29 is 13.2 Å². The van der Waals surface area contributed by atoms with Gasteiger partial charge in [-0.05, 0) is 48.4 Å². The summed E-state index contributed by atoms with van der Waals surface area (Å²) in [4.78, 5) is 13.1. The third kappa shape index (κ3) is 6.70. The molecule has 0 saturated carbocycles. The molecule has 1 aliphatic heterocycles. The van der Waals surface area contributed by atoms with Crippen LogP contribution in [0.2, 0.25) is 10.0 Å². The van der Waals surface area contributed by atoms with Gasteiger partial charge >= 0.3 is 0 Å². The van der Waals surface area contributed by atoms with Gasteiger partial charge in [0.1, 0.15) is 0 Å². The second kappa shape index (κ2) is 11.0. The summed E-state index contributed by atoms with van der Waals surface area (Å²) in [7, 11) is -3.58. The molecule has 1 saturated heterocycles. The number of nitrogens with one attached hydrogen (secondary N) is 1. The molecule has 2 aromatic carbocycles. The molecule has 0 spiro atoms. The predicted octanol–water partition coefficient (Wildman–Crippen LogP) is 5.44. The van der Waals surface area contributed by atoms with E-state index in [4.69, 9.17) is 23.2 Å². The summed E-state index contributed by atoms with van der Waals surface area (Å²) in [5, 5.41) is 3.89. The Balaban J connectivity index is 1.68. The molecular weight excluding hydrogens is 467 g/mol. The van der Waals surface area contributed by atoms with Gasteiger partial charge < -0.3 is 5.32 Å². The number of rotatable bonds is 8. The van der Waals surface area contributed by atoms with E-state index < -0.39 is 10.0 Å². The molecule has 1 aliphatic rings. The lowest BCUT2D eigenvalue weighted by Gasteiger charge is -2.32. The van der Waals surface area contributed by atoms with Crippen LogP contribution in [0.3, 0.4) is 0 Å². The van der Waals surface area contributed by atoms with Crippen molar-refractivity contribution in [1.29, 1.82) is 0 Å². The second-order valence-electron chi connectivity index (χ2n) is 8.80. The van der Waals surface area contributed by atoms with Crippen LogP contribution in [0.5, 0.6) is 0 Å². The van der Waals surface area contributed by atoms with Crippen molar-refractivity contribution in [3.63, 3.8) is 0 Å². The zero-order chi connectivity index (χ0) is 23.3. The summed E-state index contributed by atoms with van der Waals surface area (Å²) in [5.74, 6) is -0.215. The number of benzene rings is 2. The average molecular weight is 497 g/mol. The molecule has 1 fully saturated rings. The van der Waals surface area contributed by atoms with Crippen LogP contribution in [0.1, 0.15) is 50.3 Å². The lowest BCUT2D eigenvalue weighted by Crippen LogP contribution is -2.46. The van der Waals surface area contributed by atoms with Crippen molar-refractivity contribution in [3.05, 3.63) is 69.7 Å². The van der Waals surface area contributed by atoms with Crippen LogP contribution < -0.4 is 5.32 Å². The van der Waals surface area contributed by atoms with Gasteiger partial charge in [0.2, 0.25) is 15.9 Å². The maximum Gasteiger partial charge on any atom is 0.224 e. The van der Waals surface area contributed by atoms with E-state index in [2.05, 4.69) is 19.2 Å². The van der Waals surface area contributed by atoms with Gasteiger partial charge in [0.25, 0.3) is 0 Å². The summed E-state index contributed by atoms with van der Waals surface area (Å²) in [6, 6.07) is 14.7. The zero-order valence-corrected chi connectivity index (χ0v) is 20.8. The normalized spacial score (nSPS) is 18.5. The quantitative estimate of drug-likeness (QED) is 0.528. The van der Waals surface area contributed by atoms with E-state index in [-0.39, 0.29) is 30.2 Å². The Bertz CT molecular complexity index is 1030. The largest absolute Gasteiger partial charge is 0.349 e. The predicted molar refractivity (Wildman–Crippen MR) is 130 cm³/mol. The van der Waals surface area contributed by atoms with Crippen molar-refractivity contribution in [2.45, 2.75) is 44.9 Å². The molecule has 1 heterocycles. The molecule has 1 amide bonds. The Kier molecular flexibility index (Phi) is 8.62. The molecule has 0 bridgehead atoms. The summed E-state index contributed by atoms with van der Waals surface area (Å²) in [6.45, 7) is 4.86. The van der Waals surface area contributed by atoms with Crippen LogP contribution in [-0.4, -0.2) is 31.7 Å². The summed E-state index contributed by atoms with van der Waals surface area (Å²) in [5.41, 5.74) is 1.64. The molecule has 8 heteroatoms. The van der Waals surface area contributed by atoms with Crippen molar-refractivity contribution in [1.82, 2.24) is 9.62 Å². The van der Waals surface area contributed by atoms with E-state index in [0.29, 0.717) is 40.9 Å². The number of piperidine rings is 1. The molecule has 2 aromatic rings. The van der Waals surface area contributed by atoms with Crippen molar-refractivity contribution in [2.75, 3.05) is 13.1 Å². The van der Waals surface area contributed by atoms with Crippen LogP contribution in [0, 0.1) is 11.8 Å². The molecule has 5 nitrogen and oxygen atoms in total. The van der Waals surface area contributed by atoms with Gasteiger partial charge in [-0.25, -0.2) is 12.7 Å². The fraction of sp³-hybridized carbons (Fsp3) is 0.458. The van der Waals surface area contributed by atoms with Gasteiger partial charge in [-0.3, -0.25) is 4.79 Å². The molecule has 32 heavy (non-hydrogen) atoms. The van der Waals surface area contributed by atoms with E-state index in [1.165, 1.54) is 4.31 Å². The zero-order valence-electron chi connectivity index (χ0n) is 18.4. The lowest BCUT2D eigenvalue weighted by atomic mass is 9.94. The summed E-state index contributed by atoms with van der Waals surface area (Å²) in [6.07, 6.45) is 2.15. The number of nitrogens with zero attached hydrogens (tertiary/aromatic N) is 1. The average Bonchev–Trinajstić information content (AvgIpc) is 2.76. The highest BCUT2D eigenvalue weighted by atomic mass is 35.5. The van der Waals surface area contributed by atoms with Crippen LogP contribution in [0.25, 0.3) is 0 Å². The lowest BCUT2D eigenvalue weighted by molar-refractivity contribution is -0.127. The summed E-state index contributed by atoms with van der Waals surface area (Å²) < 4.78 is 27.5. The third-order valence-electron chi connectivity index (χ3n) is 5.71. The van der Waals surface area contributed by atoms with Crippen LogP contribution in [0.4, 0.5) is 0 Å². The Morgan fingerprint density at radius 2 is 1.84 bits per heavy atom. The Morgan fingerprint density at radius 3 is 2.50 bits per heavy atom. The number of hydrogen-bond donors (Lipinski definition) is 1. The van der Waals surface area contributed by atoms with Gasteiger partial charge in [-0.1, -0.05) is 73.4 Å². The van der Waals surface area contributed by atoms with Crippen molar-refractivity contribution in [2.24, 2.45) is 11.8 Å². The number of carbonyl (C=O) groups is 1. The number of sulfonamides is 1. The van der Waals surface area contributed by atoms with Crippen LogP contribution in [0.15, 0.2) is 48.5 Å². The standard InChI is InChI=1S/C24H30Cl2N2O3S/c1-17(2)13-23(19-7-4-3-5-8-19)27-24(29)20-9-6-12-28(15-20)32(30,31)16-18-10-11-21(25)22(26)14-18/h3-5,7-8,10-11,14,17,20,23H,6,9,12-13,15-16H2,1-2H3,(H,27,29). The smallest absolute Gasteiger partial charge is 0.224 e. The molecule has 0 aliphatic carbocycles. The Hall–Kier alpha value is -1.60. The van der Waals surface area contributed by atoms with Gasteiger partial charge in [0.05, 0.1) is 27.8 Å². The highest BCUT2D eigenvalue weighted by Crippen LogP contribution is 2.27. The Labute approximate surface area is 201 Å². The van der Waals surface area contributed by atoms with E-state index in [1.807, 2.05) is 30.3 Å². The maximum absolute atomic E-state index is 13.1. The minimum absolute atomic E-state index is 0.0889. The molecule has 2 unspecified atom stereocenters. The summed E-state index contributed by atoms with van der Waals surface area (Å²) >= 11 is 12.0. The topological polar surface area (TPSA) is 66.5 Å². The monoisotopic (exact) mass is 496 g/mol. The van der Waals surface area contributed by atoms with E-state index >= 15 is 0 Å². The van der Waals surface area contributed by atoms with Gasteiger partial charge in [0.15, 0.2) is 0 Å². The van der Waals surface area contributed by atoms with E-state index in [9.17, 15) is 13.2 Å². The first-order valence-electron chi connectivity index (χ1n) is 10.9. The molecule has 3 rings (SSSR count). The second-order valence-corrected chi connectivity index (χ2v) is 11.6. The molecular formula is C24H30Cl2N2O3S. The van der Waals surface area contributed by atoms with E-state index in [0.717, 1.165) is 12.0 Å². The van der Waals surface area contributed by atoms with Gasteiger partial charge in [0, 0.05) is 13.1 Å². The SMILES string of the molecule is CC(C)CC(NC(=O)C1CCCN(S(=O)(=O)Cc2ccc(Cl)c(Cl)c2)C1)c1ccccc1. The number of halogens is 2. The minimum atomic E-state index is -3.58. The minimum Gasteiger partial charge on any atom is -0.349 e. The molecule has 0 radical (unpaired) electrons. The van der Waals surface area contributed by atoms with E-state index in [1.54, 1.807) is 18.2 Å². The fourth-order valence-corrected chi connectivity index (χ4v) is 5.98. The van der Waals surface area contributed by atoms with Crippen LogP contribution in [-0.2, 0) is 20.6 Å². The van der Waals surface area contributed by atoms with Crippen LogP contribution >= 0.6 is 23.2 Å². The molecule has 0 aromatic heterocycles. The molecule has 2 atom stereocenters. The first-order valence-corrected chi connectivity index (χ1v) is 13.3. The van der Waals surface area contributed by atoms with Crippen molar-refractivity contribution >= 4 is 39.1 Å². The highest BCUT2D eigenvalue weighted by Gasteiger charge is 2.33. The number of hydrogen-bond acceptors (Lipinski definition) is 3. The Morgan fingerprint density at radius 1 is 1.12 bits per heavy atom. The number of amides is 1. The van der Waals surface area contributed by atoms with Gasteiger partial charge in [-0.2, -0.15) is 0 Å². The fourth-order valence-electron chi connectivity index (χ4n) is 4.07. The highest BCUT2D eigenvalue weighted by molar-refractivity contribution is 7.88. The number of carbonyl (C=O) groups excluding carboxylic acids is 1. The first-order chi connectivity index (χ1) is 15.2. The van der Waals surface area contributed by atoms with Gasteiger partial charge in [-0.15, -0.1) is 0 Å².